The highest BCUT2D eigenvalue weighted by Crippen LogP contribution is 2.24. The molecule has 7 heteroatoms. The van der Waals surface area contributed by atoms with Crippen molar-refractivity contribution in [3.63, 3.8) is 0 Å². The fourth-order valence-electron chi connectivity index (χ4n) is 2.28. The normalized spacial score (nSPS) is 11.0. The Morgan fingerprint density at radius 3 is 2.62 bits per heavy atom. The fraction of sp³-hybridized carbons (Fsp3) is 0.0588. The van der Waals surface area contributed by atoms with E-state index >= 15 is 0 Å². The Balaban J connectivity index is 1.98. The Bertz CT molecular complexity index is 971. The molecule has 0 aliphatic rings. The van der Waals surface area contributed by atoms with Gasteiger partial charge in [0.05, 0.1) is 16.3 Å². The summed E-state index contributed by atoms with van der Waals surface area (Å²) in [5.41, 5.74) is 2.27. The maximum Gasteiger partial charge on any atom is 0.366 e. The smallest absolute Gasteiger partial charge is 0.338 e. The predicted molar refractivity (Wildman–Crippen MR) is 89.9 cm³/mol. The minimum Gasteiger partial charge on any atom is -0.338 e. The van der Waals surface area contributed by atoms with E-state index in [-0.39, 0.29) is 5.69 Å². The molecule has 0 saturated carbocycles. The van der Waals surface area contributed by atoms with Crippen LogP contribution in [0.5, 0.6) is 0 Å². The first kappa shape index (κ1) is 15.4. The van der Waals surface area contributed by atoms with Gasteiger partial charge in [-0.25, -0.2) is 9.95 Å². The van der Waals surface area contributed by atoms with Gasteiger partial charge in [0.1, 0.15) is 5.56 Å². The van der Waals surface area contributed by atoms with Crippen molar-refractivity contribution in [2.75, 3.05) is 0 Å². The molecule has 1 N–H and O–H groups in total. The number of nitro benzene ring substituents is 1. The van der Waals surface area contributed by atoms with E-state index in [0.29, 0.717) is 22.5 Å². The van der Waals surface area contributed by atoms with Crippen molar-refractivity contribution in [2.24, 2.45) is 4.99 Å². The van der Waals surface area contributed by atoms with Gasteiger partial charge in [0, 0.05) is 23.9 Å². The standard InChI is InChI=1S/C17H13N3O4/c1-11-9-13(20(22)23)7-8-15(11)18-10-14-16(19-24-17(14)21)12-5-3-2-4-6-12/h2-10,19H,1H3. The number of H-pyrrole nitrogens is 1. The monoisotopic (exact) mass is 323 g/mol. The van der Waals surface area contributed by atoms with E-state index in [1.807, 2.05) is 30.3 Å². The summed E-state index contributed by atoms with van der Waals surface area (Å²) in [6.45, 7) is 1.72. The molecule has 0 aliphatic heterocycles. The number of aromatic nitrogens is 1. The molecule has 0 unspecified atom stereocenters. The van der Waals surface area contributed by atoms with Gasteiger partial charge in [-0.1, -0.05) is 30.3 Å². The molecule has 0 bridgehead atoms. The minimum atomic E-state index is -0.530. The van der Waals surface area contributed by atoms with Crippen LogP contribution in [0.25, 0.3) is 11.3 Å². The van der Waals surface area contributed by atoms with E-state index in [4.69, 9.17) is 4.52 Å². The first-order chi connectivity index (χ1) is 11.6. The Hall–Kier alpha value is -3.48. The molecule has 2 aromatic carbocycles. The third-order valence-corrected chi connectivity index (χ3v) is 3.52. The lowest BCUT2D eigenvalue weighted by atomic mass is 10.1. The molecule has 0 saturated heterocycles. The molecule has 0 aliphatic carbocycles. The predicted octanol–water partition coefficient (Wildman–Crippen LogP) is 3.60. The molecule has 0 atom stereocenters. The average Bonchev–Trinajstić information content (AvgIpc) is 2.95. The SMILES string of the molecule is Cc1cc([N+](=O)[O-])ccc1N=Cc1c(-c2ccccc2)[nH]oc1=O. The second kappa shape index (κ2) is 6.33. The molecule has 7 nitrogen and oxygen atoms in total. The zero-order chi connectivity index (χ0) is 17.1. The first-order valence-corrected chi connectivity index (χ1v) is 7.12. The molecule has 3 rings (SSSR count). The van der Waals surface area contributed by atoms with E-state index in [2.05, 4.69) is 10.1 Å². The summed E-state index contributed by atoms with van der Waals surface area (Å²) in [7, 11) is 0. The molecule has 1 heterocycles. The average molecular weight is 323 g/mol. The topological polar surface area (TPSA) is 102 Å². The zero-order valence-electron chi connectivity index (χ0n) is 12.7. The highest BCUT2D eigenvalue weighted by atomic mass is 16.6. The Labute approximate surface area is 136 Å². The van der Waals surface area contributed by atoms with E-state index in [9.17, 15) is 14.9 Å². The summed E-state index contributed by atoms with van der Waals surface area (Å²) in [6.07, 6.45) is 1.40. The van der Waals surface area contributed by atoms with Gasteiger partial charge in [-0.2, -0.15) is 0 Å². The Morgan fingerprint density at radius 2 is 1.96 bits per heavy atom. The lowest BCUT2D eigenvalue weighted by molar-refractivity contribution is -0.384. The first-order valence-electron chi connectivity index (χ1n) is 7.12. The maximum absolute atomic E-state index is 11.9. The van der Waals surface area contributed by atoms with E-state index in [1.54, 1.807) is 13.0 Å². The van der Waals surface area contributed by atoms with E-state index in [1.165, 1.54) is 18.3 Å². The largest absolute Gasteiger partial charge is 0.366 e. The van der Waals surface area contributed by atoms with Crippen LogP contribution in [0.1, 0.15) is 11.1 Å². The van der Waals surface area contributed by atoms with Crippen molar-refractivity contribution in [3.05, 3.63) is 80.2 Å². The molecule has 0 radical (unpaired) electrons. The molecule has 0 amide bonds. The van der Waals surface area contributed by atoms with Gasteiger partial charge in [-0.05, 0) is 18.6 Å². The van der Waals surface area contributed by atoms with Crippen molar-refractivity contribution in [3.8, 4) is 11.3 Å². The van der Waals surface area contributed by atoms with Crippen LogP contribution >= 0.6 is 0 Å². The van der Waals surface area contributed by atoms with Crippen LogP contribution in [0, 0.1) is 17.0 Å². The van der Waals surface area contributed by atoms with Crippen LogP contribution in [-0.4, -0.2) is 16.3 Å². The maximum atomic E-state index is 11.9. The molecule has 1 aromatic heterocycles. The third-order valence-electron chi connectivity index (χ3n) is 3.52. The highest BCUT2D eigenvalue weighted by molar-refractivity contribution is 5.89. The van der Waals surface area contributed by atoms with Crippen LogP contribution in [0.2, 0.25) is 0 Å². The molecular weight excluding hydrogens is 310 g/mol. The molecular formula is C17H13N3O4. The minimum absolute atomic E-state index is 0.00224. The number of hydrogen-bond acceptors (Lipinski definition) is 5. The van der Waals surface area contributed by atoms with Crippen LogP contribution in [-0.2, 0) is 0 Å². The van der Waals surface area contributed by atoms with Gasteiger partial charge in [-0.15, -0.1) is 0 Å². The fourth-order valence-corrected chi connectivity index (χ4v) is 2.28. The van der Waals surface area contributed by atoms with E-state index < -0.39 is 10.5 Å². The number of nitrogens with one attached hydrogen (secondary N) is 1. The van der Waals surface area contributed by atoms with Gasteiger partial charge in [0.15, 0.2) is 0 Å². The summed E-state index contributed by atoms with van der Waals surface area (Å²) >= 11 is 0. The van der Waals surface area contributed by atoms with Crippen LogP contribution in [0.15, 0.2) is 62.8 Å². The van der Waals surface area contributed by atoms with Crippen molar-refractivity contribution in [2.45, 2.75) is 6.92 Å². The summed E-state index contributed by atoms with van der Waals surface area (Å²) in [6, 6.07) is 13.6. The number of aromatic amines is 1. The van der Waals surface area contributed by atoms with Gasteiger partial charge in [-0.3, -0.25) is 15.1 Å². The molecule has 3 aromatic rings. The molecule has 0 fully saturated rings. The van der Waals surface area contributed by atoms with Gasteiger partial charge in [0.25, 0.3) is 5.69 Å². The van der Waals surface area contributed by atoms with Crippen LogP contribution in [0.3, 0.4) is 0 Å². The number of hydrogen-bond donors (Lipinski definition) is 1. The van der Waals surface area contributed by atoms with Crippen LogP contribution in [0.4, 0.5) is 11.4 Å². The number of non-ortho nitro benzene ring substituents is 1. The number of aliphatic imine (C=N–C) groups is 1. The second-order valence-corrected chi connectivity index (χ2v) is 5.13. The van der Waals surface area contributed by atoms with Gasteiger partial charge >= 0.3 is 5.63 Å². The second-order valence-electron chi connectivity index (χ2n) is 5.13. The summed E-state index contributed by atoms with van der Waals surface area (Å²) in [5.74, 6) is 0. The third kappa shape index (κ3) is 3.00. The summed E-state index contributed by atoms with van der Waals surface area (Å²) in [4.78, 5) is 26.5. The zero-order valence-corrected chi connectivity index (χ0v) is 12.7. The highest BCUT2D eigenvalue weighted by Gasteiger charge is 2.12. The lowest BCUT2D eigenvalue weighted by Gasteiger charge is -2.00. The van der Waals surface area contributed by atoms with E-state index in [0.717, 1.165) is 5.56 Å². The number of rotatable bonds is 4. The lowest BCUT2D eigenvalue weighted by Crippen LogP contribution is -2.01. The molecule has 120 valence electrons. The quantitative estimate of drug-likeness (QED) is 0.450. The van der Waals surface area contributed by atoms with Gasteiger partial charge in [0.2, 0.25) is 0 Å². The number of benzene rings is 2. The number of nitro groups is 1. The molecule has 24 heavy (non-hydrogen) atoms. The number of nitrogens with zero attached hydrogens (tertiary/aromatic N) is 2. The van der Waals surface area contributed by atoms with Crippen molar-refractivity contribution < 1.29 is 9.45 Å². The summed E-state index contributed by atoms with van der Waals surface area (Å²) < 4.78 is 4.86. The van der Waals surface area contributed by atoms with Crippen molar-refractivity contribution >= 4 is 17.6 Å². The Morgan fingerprint density at radius 1 is 1.21 bits per heavy atom. The number of aryl methyl sites for hydroxylation is 1. The van der Waals surface area contributed by atoms with Crippen molar-refractivity contribution in [1.29, 1.82) is 0 Å². The van der Waals surface area contributed by atoms with Gasteiger partial charge < -0.3 is 4.52 Å². The van der Waals surface area contributed by atoms with Crippen molar-refractivity contribution in [1.82, 2.24) is 5.16 Å². The van der Waals surface area contributed by atoms with Crippen LogP contribution < -0.4 is 5.63 Å². The molecule has 0 spiro atoms. The summed E-state index contributed by atoms with van der Waals surface area (Å²) in [5, 5.41) is 13.4. The Kier molecular flexibility index (Phi) is 4.07.